The monoisotopic (exact) mass is 396 g/mol. The zero-order valence-electron chi connectivity index (χ0n) is 10.9. The number of halogens is 6. The van der Waals surface area contributed by atoms with Crippen LogP contribution in [0.15, 0.2) is 22.2 Å². The predicted molar refractivity (Wildman–Crippen MR) is 88.5 cm³/mol. The Morgan fingerprint density at radius 2 is 1.75 bits per heavy atom. The molecule has 0 saturated heterocycles. The number of fused-ring (bicyclic) bond motifs is 2. The van der Waals surface area contributed by atoms with Crippen LogP contribution in [-0.2, 0) is 0 Å². The first-order valence-electron chi connectivity index (χ1n) is 6.10. The Bertz CT molecular complexity index is 492. The van der Waals surface area contributed by atoms with E-state index in [0.29, 0.717) is 12.8 Å². The fourth-order valence-electron chi connectivity index (χ4n) is 2.80. The van der Waals surface area contributed by atoms with Gasteiger partial charge in [0.15, 0.2) is 4.33 Å². The van der Waals surface area contributed by atoms with Gasteiger partial charge in [-0.1, -0.05) is 58.6 Å². The summed E-state index contributed by atoms with van der Waals surface area (Å²) in [7, 11) is 0. The third kappa shape index (κ3) is 2.24. The Labute approximate surface area is 148 Å². The zero-order valence-corrected chi connectivity index (χ0v) is 15.4. The van der Waals surface area contributed by atoms with Crippen molar-refractivity contribution in [2.75, 3.05) is 0 Å². The fraction of sp³-hybridized carbons (Fsp3) is 0.692. The molecule has 1 saturated carbocycles. The Balaban J connectivity index is 2.31. The first-order valence-corrected chi connectivity index (χ1v) is 8.36. The normalized spacial score (nSPS) is 40.1. The van der Waals surface area contributed by atoms with Gasteiger partial charge in [0.2, 0.25) is 0 Å². The summed E-state index contributed by atoms with van der Waals surface area (Å²) < 4.78 is -1.47. The quantitative estimate of drug-likeness (QED) is 0.487. The molecule has 1 nitrogen and oxygen atoms in total. The number of alkyl halides is 4. The Morgan fingerprint density at radius 1 is 1.20 bits per heavy atom. The molecule has 7 heteroatoms. The molecule has 0 aromatic heterocycles. The average Bonchev–Trinajstić information content (AvgIpc) is 2.50. The molecule has 2 aliphatic carbocycles. The maximum absolute atomic E-state index is 9.68. The summed E-state index contributed by atoms with van der Waals surface area (Å²) in [6, 6.07) is 0. The molecular formula is C13H14Cl6O. The van der Waals surface area contributed by atoms with Gasteiger partial charge in [-0.3, -0.25) is 0 Å². The summed E-state index contributed by atoms with van der Waals surface area (Å²) >= 11 is 38.3. The molecule has 2 rings (SSSR count). The molecule has 0 aliphatic heterocycles. The van der Waals surface area contributed by atoms with Gasteiger partial charge in [0.1, 0.15) is 9.75 Å². The van der Waals surface area contributed by atoms with E-state index in [1.54, 1.807) is 19.9 Å². The van der Waals surface area contributed by atoms with Gasteiger partial charge in [0, 0.05) is 0 Å². The summed E-state index contributed by atoms with van der Waals surface area (Å²) in [5, 5.41) is 10.1. The molecule has 0 spiro atoms. The second-order valence-corrected chi connectivity index (χ2v) is 9.23. The van der Waals surface area contributed by atoms with E-state index in [-0.39, 0.29) is 16.0 Å². The van der Waals surface area contributed by atoms with E-state index in [9.17, 15) is 5.11 Å². The van der Waals surface area contributed by atoms with E-state index in [1.165, 1.54) is 0 Å². The van der Waals surface area contributed by atoms with Gasteiger partial charge in [-0.25, -0.2) is 0 Å². The van der Waals surface area contributed by atoms with Crippen LogP contribution in [0.4, 0.5) is 0 Å². The van der Waals surface area contributed by atoms with Gasteiger partial charge in [0.25, 0.3) is 0 Å². The van der Waals surface area contributed by atoms with Crippen molar-refractivity contribution < 1.29 is 5.11 Å². The summed E-state index contributed by atoms with van der Waals surface area (Å²) in [5.74, 6) is -0.162. The van der Waals surface area contributed by atoms with E-state index < -0.39 is 19.7 Å². The standard InChI is InChI=1S/C13H14Cl6O/c1-10(2,20)5-3-4-7-6-11(16)8(14)9(15)12(7,17)13(11,18)19/h3,5,7,20H,4,6H2,1-2H3/b5-3+/t7-,11+,12+/m0/s1. The lowest BCUT2D eigenvalue weighted by Gasteiger charge is -2.33. The topological polar surface area (TPSA) is 20.2 Å². The summed E-state index contributed by atoms with van der Waals surface area (Å²) in [5.41, 5.74) is -0.897. The van der Waals surface area contributed by atoms with Crippen LogP contribution in [0.5, 0.6) is 0 Å². The van der Waals surface area contributed by atoms with Crippen molar-refractivity contribution in [3.8, 4) is 0 Å². The van der Waals surface area contributed by atoms with E-state index in [1.807, 2.05) is 6.08 Å². The highest BCUT2D eigenvalue weighted by molar-refractivity contribution is 6.65. The van der Waals surface area contributed by atoms with Crippen molar-refractivity contribution in [3.63, 3.8) is 0 Å². The van der Waals surface area contributed by atoms with Gasteiger partial charge in [0.05, 0.1) is 15.7 Å². The summed E-state index contributed by atoms with van der Waals surface area (Å²) in [6.45, 7) is 3.36. The van der Waals surface area contributed by atoms with E-state index in [4.69, 9.17) is 69.6 Å². The van der Waals surface area contributed by atoms with Crippen molar-refractivity contribution in [3.05, 3.63) is 22.2 Å². The van der Waals surface area contributed by atoms with Crippen molar-refractivity contribution in [2.24, 2.45) is 5.92 Å². The molecule has 1 N–H and O–H groups in total. The van der Waals surface area contributed by atoms with Crippen molar-refractivity contribution in [1.29, 1.82) is 0 Å². The van der Waals surface area contributed by atoms with Crippen LogP contribution in [0.2, 0.25) is 0 Å². The number of allylic oxidation sites excluding steroid dienone is 3. The van der Waals surface area contributed by atoms with Crippen LogP contribution < -0.4 is 0 Å². The molecule has 0 aromatic carbocycles. The molecule has 0 radical (unpaired) electrons. The van der Waals surface area contributed by atoms with Crippen LogP contribution in [0.1, 0.15) is 26.7 Å². The van der Waals surface area contributed by atoms with Gasteiger partial charge < -0.3 is 5.11 Å². The van der Waals surface area contributed by atoms with E-state index in [2.05, 4.69) is 0 Å². The summed E-state index contributed by atoms with van der Waals surface area (Å²) in [4.78, 5) is -2.37. The van der Waals surface area contributed by atoms with Gasteiger partial charge in [-0.15, -0.1) is 23.2 Å². The van der Waals surface area contributed by atoms with Gasteiger partial charge in [-0.05, 0) is 32.6 Å². The molecule has 2 bridgehead atoms. The van der Waals surface area contributed by atoms with Crippen LogP contribution >= 0.6 is 69.6 Å². The maximum Gasteiger partial charge on any atom is 0.166 e. The van der Waals surface area contributed by atoms with Crippen molar-refractivity contribution >= 4 is 69.6 Å². The van der Waals surface area contributed by atoms with Crippen molar-refractivity contribution in [1.82, 2.24) is 0 Å². The first kappa shape index (κ1) is 17.5. The lowest BCUT2D eigenvalue weighted by Crippen LogP contribution is -2.44. The molecular weight excluding hydrogens is 385 g/mol. The Kier molecular flexibility index (Phi) is 4.46. The highest BCUT2D eigenvalue weighted by atomic mass is 35.5. The largest absolute Gasteiger partial charge is 0.386 e. The van der Waals surface area contributed by atoms with Crippen LogP contribution in [0, 0.1) is 5.92 Å². The fourth-order valence-corrected chi connectivity index (χ4v) is 5.65. The molecule has 2 aliphatic rings. The minimum absolute atomic E-state index is 0.162. The molecule has 0 unspecified atom stereocenters. The Morgan fingerprint density at radius 3 is 2.15 bits per heavy atom. The van der Waals surface area contributed by atoms with Crippen LogP contribution in [-0.4, -0.2) is 24.8 Å². The number of rotatable bonds is 3. The second kappa shape index (κ2) is 5.09. The molecule has 0 aromatic rings. The molecule has 20 heavy (non-hydrogen) atoms. The van der Waals surface area contributed by atoms with Crippen molar-refractivity contribution in [2.45, 2.75) is 46.4 Å². The second-order valence-electron chi connectivity index (χ2n) is 5.91. The minimum atomic E-state index is -1.47. The van der Waals surface area contributed by atoms with E-state index >= 15 is 0 Å². The third-order valence-electron chi connectivity index (χ3n) is 3.85. The van der Waals surface area contributed by atoms with Crippen LogP contribution in [0.25, 0.3) is 0 Å². The highest BCUT2D eigenvalue weighted by Crippen LogP contribution is 2.74. The number of hydrogen-bond donors (Lipinski definition) is 1. The first-order chi connectivity index (χ1) is 8.88. The lowest BCUT2D eigenvalue weighted by molar-refractivity contribution is 0.132. The molecule has 1 fully saturated rings. The number of hydrogen-bond acceptors (Lipinski definition) is 1. The molecule has 0 heterocycles. The molecule has 3 atom stereocenters. The smallest absolute Gasteiger partial charge is 0.166 e. The molecule has 0 amide bonds. The third-order valence-corrected chi connectivity index (χ3v) is 8.18. The van der Waals surface area contributed by atoms with Gasteiger partial charge >= 0.3 is 0 Å². The molecule has 114 valence electrons. The maximum atomic E-state index is 9.68. The summed E-state index contributed by atoms with van der Waals surface area (Å²) in [6.07, 6.45) is 4.49. The SMILES string of the molecule is CC(C)(O)/C=C/C[C@H]1C[C@@]2(Cl)C(Cl)=C(Cl)[C@@]1(Cl)C2(Cl)Cl. The van der Waals surface area contributed by atoms with Crippen LogP contribution in [0.3, 0.4) is 0 Å². The zero-order chi connectivity index (χ0) is 15.6. The van der Waals surface area contributed by atoms with E-state index in [0.717, 1.165) is 0 Å². The predicted octanol–water partition coefficient (Wildman–Crippen LogP) is 5.56. The Hall–Kier alpha value is 1.18. The minimum Gasteiger partial charge on any atom is -0.386 e. The average molecular weight is 399 g/mol. The highest BCUT2D eigenvalue weighted by Gasteiger charge is 2.77. The van der Waals surface area contributed by atoms with Gasteiger partial charge in [-0.2, -0.15) is 0 Å². The lowest BCUT2D eigenvalue weighted by atomic mass is 9.88. The number of aliphatic hydroxyl groups is 1.